The molecule has 5 nitrogen and oxygen atoms in total. The van der Waals surface area contributed by atoms with Gasteiger partial charge < -0.3 is 9.47 Å². The summed E-state index contributed by atoms with van der Waals surface area (Å²) in [5.41, 5.74) is 1.84. The van der Waals surface area contributed by atoms with Crippen LogP contribution in [0.4, 0.5) is 4.79 Å². The number of carbonyl (C=O) groups excluding carboxylic acids is 2. The summed E-state index contributed by atoms with van der Waals surface area (Å²) in [6.45, 7) is 0.682. The monoisotopic (exact) mass is 347 g/mol. The van der Waals surface area contributed by atoms with Crippen molar-refractivity contribution >= 4 is 29.7 Å². The lowest BCUT2D eigenvalue weighted by atomic mass is 9.86. The Morgan fingerprint density at radius 1 is 1.33 bits per heavy atom. The maximum Gasteiger partial charge on any atom is 0.414 e. The van der Waals surface area contributed by atoms with Crippen molar-refractivity contribution in [3.63, 3.8) is 0 Å². The Hall–Kier alpha value is -2.11. The van der Waals surface area contributed by atoms with Crippen LogP contribution < -0.4 is 5.32 Å². The van der Waals surface area contributed by atoms with Gasteiger partial charge in [0.25, 0.3) is 0 Å². The van der Waals surface area contributed by atoms with Crippen LogP contribution in [0.15, 0.2) is 48.1 Å². The number of ether oxygens (including phenoxy) is 2. The number of epoxide rings is 1. The summed E-state index contributed by atoms with van der Waals surface area (Å²) >= 11 is 5.35. The van der Waals surface area contributed by atoms with Crippen molar-refractivity contribution in [2.24, 2.45) is 0 Å². The van der Waals surface area contributed by atoms with E-state index in [0.717, 1.165) is 17.6 Å². The molecule has 1 aliphatic heterocycles. The number of benzene rings is 1. The molecule has 126 valence electrons. The van der Waals surface area contributed by atoms with Crippen LogP contribution in [0.2, 0.25) is 0 Å². The zero-order valence-electron chi connectivity index (χ0n) is 13.0. The van der Waals surface area contributed by atoms with E-state index in [-0.39, 0.29) is 11.5 Å². The van der Waals surface area contributed by atoms with Crippen molar-refractivity contribution in [3.8, 4) is 0 Å². The van der Waals surface area contributed by atoms with Crippen LogP contribution in [0.3, 0.4) is 0 Å². The molecule has 0 bridgehead atoms. The second kappa shape index (κ2) is 7.20. The molecule has 3 rings (SSSR count). The number of rotatable bonds is 4. The van der Waals surface area contributed by atoms with E-state index < -0.39 is 18.1 Å². The molecule has 1 aromatic rings. The fraction of sp³-hybridized carbons (Fsp3) is 0.333. The average molecular weight is 348 g/mol. The third-order valence-electron chi connectivity index (χ3n) is 4.09. The number of hydrogen-bond donors (Lipinski definition) is 1. The molecule has 6 heteroatoms. The van der Waals surface area contributed by atoms with E-state index >= 15 is 0 Å². The lowest BCUT2D eigenvalue weighted by Gasteiger charge is -2.25. The van der Waals surface area contributed by atoms with Crippen molar-refractivity contribution in [2.45, 2.75) is 24.5 Å². The highest BCUT2D eigenvalue weighted by atomic mass is 35.5. The van der Waals surface area contributed by atoms with Gasteiger partial charge in [-0.1, -0.05) is 42.5 Å². The number of carbonyl (C=O) groups is 2. The average Bonchev–Trinajstić information content (AvgIpc) is 3.36. The van der Waals surface area contributed by atoms with E-state index in [2.05, 4.69) is 5.32 Å². The molecule has 2 unspecified atom stereocenters. The highest BCUT2D eigenvalue weighted by Gasteiger charge is 2.49. The minimum absolute atomic E-state index is 0.242. The van der Waals surface area contributed by atoms with Crippen LogP contribution in [-0.4, -0.2) is 36.2 Å². The molecule has 1 heterocycles. The lowest BCUT2D eigenvalue weighted by molar-refractivity contribution is -0.118. The summed E-state index contributed by atoms with van der Waals surface area (Å²) in [6.07, 6.45) is 6.17. The Bertz CT molecular complexity index is 680. The molecule has 1 spiro atoms. The smallest absolute Gasteiger partial charge is 0.414 e. The minimum Gasteiger partial charge on any atom is -0.442 e. The first kappa shape index (κ1) is 16.7. The van der Waals surface area contributed by atoms with E-state index in [4.69, 9.17) is 21.1 Å². The number of nitrogens with one attached hydrogen (secondary N) is 1. The number of alkyl carbamates (subject to hydrolysis) is 1. The molecule has 1 aromatic carbocycles. The Kier molecular flexibility index (Phi) is 5.02. The maximum absolute atomic E-state index is 11.7. The standard InChI is InChI=1S/C18H18ClNO4/c19-11-16(21)20-17(22)24-15-8-9-18(12-23-18)14(10-15)7-6-13-4-2-1-3-5-13/h1-7,10,15H,8-9,11-12H2,(H,20,21,22). The summed E-state index contributed by atoms with van der Waals surface area (Å²) in [6, 6.07) is 9.94. The molecule has 1 N–H and O–H groups in total. The zero-order chi connectivity index (χ0) is 17.0. The Morgan fingerprint density at radius 3 is 2.75 bits per heavy atom. The van der Waals surface area contributed by atoms with Gasteiger partial charge in [-0.05, 0) is 30.1 Å². The number of imide groups is 1. The van der Waals surface area contributed by atoms with Gasteiger partial charge in [0, 0.05) is 0 Å². The molecule has 1 aliphatic carbocycles. The van der Waals surface area contributed by atoms with Crippen molar-refractivity contribution < 1.29 is 19.1 Å². The number of hydrogen-bond acceptors (Lipinski definition) is 4. The van der Waals surface area contributed by atoms with E-state index in [1.807, 2.05) is 48.6 Å². The molecular formula is C18H18ClNO4. The number of alkyl halides is 1. The van der Waals surface area contributed by atoms with E-state index in [1.165, 1.54) is 0 Å². The quantitative estimate of drug-likeness (QED) is 0.671. The highest BCUT2D eigenvalue weighted by Crippen LogP contribution is 2.44. The van der Waals surface area contributed by atoms with Gasteiger partial charge in [0.05, 0.1) is 6.61 Å². The maximum atomic E-state index is 11.7. The van der Waals surface area contributed by atoms with Crippen LogP contribution in [0.1, 0.15) is 18.4 Å². The summed E-state index contributed by atoms with van der Waals surface area (Å²) in [5, 5.41) is 2.08. The molecule has 2 aliphatic rings. The van der Waals surface area contributed by atoms with Crippen LogP contribution in [0.25, 0.3) is 6.08 Å². The predicted octanol–water partition coefficient (Wildman–Crippen LogP) is 3.05. The highest BCUT2D eigenvalue weighted by molar-refractivity contribution is 6.28. The topological polar surface area (TPSA) is 67.9 Å². The van der Waals surface area contributed by atoms with Crippen LogP contribution >= 0.6 is 11.6 Å². The van der Waals surface area contributed by atoms with Gasteiger partial charge in [-0.25, -0.2) is 4.79 Å². The summed E-state index contributed by atoms with van der Waals surface area (Å²) in [4.78, 5) is 22.8. The second-order valence-corrected chi connectivity index (χ2v) is 6.08. The zero-order valence-corrected chi connectivity index (χ0v) is 13.8. The van der Waals surface area contributed by atoms with E-state index in [1.54, 1.807) is 0 Å². The Balaban J connectivity index is 1.68. The van der Waals surface area contributed by atoms with Gasteiger partial charge in [0.2, 0.25) is 5.91 Å². The molecule has 2 atom stereocenters. The van der Waals surface area contributed by atoms with Gasteiger partial charge in [0.15, 0.2) is 0 Å². The van der Waals surface area contributed by atoms with Gasteiger partial charge >= 0.3 is 6.09 Å². The summed E-state index contributed by atoms with van der Waals surface area (Å²) < 4.78 is 10.9. The molecule has 2 amide bonds. The van der Waals surface area contributed by atoms with E-state index in [0.29, 0.717) is 13.0 Å². The van der Waals surface area contributed by atoms with Gasteiger partial charge in [-0.3, -0.25) is 10.1 Å². The Labute approximate surface area is 145 Å². The molecule has 0 saturated carbocycles. The minimum atomic E-state index is -0.777. The van der Waals surface area contributed by atoms with E-state index in [9.17, 15) is 9.59 Å². The van der Waals surface area contributed by atoms with Gasteiger partial charge in [0.1, 0.15) is 17.6 Å². The lowest BCUT2D eigenvalue weighted by Crippen LogP contribution is -2.36. The van der Waals surface area contributed by atoms with Gasteiger partial charge in [-0.2, -0.15) is 0 Å². The first-order chi connectivity index (χ1) is 11.6. The second-order valence-electron chi connectivity index (χ2n) is 5.81. The third-order valence-corrected chi connectivity index (χ3v) is 4.34. The van der Waals surface area contributed by atoms with Crippen molar-refractivity contribution in [2.75, 3.05) is 12.5 Å². The molecule has 0 aromatic heterocycles. The third kappa shape index (κ3) is 4.04. The normalized spacial score (nSPS) is 25.4. The predicted molar refractivity (Wildman–Crippen MR) is 90.6 cm³/mol. The van der Waals surface area contributed by atoms with Crippen LogP contribution in [-0.2, 0) is 14.3 Å². The fourth-order valence-electron chi connectivity index (χ4n) is 2.72. The number of halogens is 1. The first-order valence-electron chi connectivity index (χ1n) is 7.77. The fourth-order valence-corrected chi connectivity index (χ4v) is 2.78. The van der Waals surface area contributed by atoms with Crippen molar-refractivity contribution in [1.29, 1.82) is 0 Å². The molecule has 1 saturated heterocycles. The Morgan fingerprint density at radius 2 is 2.08 bits per heavy atom. The largest absolute Gasteiger partial charge is 0.442 e. The molecule has 24 heavy (non-hydrogen) atoms. The van der Waals surface area contributed by atoms with Crippen molar-refractivity contribution in [3.05, 3.63) is 53.6 Å². The van der Waals surface area contributed by atoms with Crippen LogP contribution in [0.5, 0.6) is 0 Å². The molecular weight excluding hydrogens is 330 g/mol. The van der Waals surface area contributed by atoms with Crippen LogP contribution in [0, 0.1) is 0 Å². The first-order valence-corrected chi connectivity index (χ1v) is 8.30. The molecule has 1 fully saturated rings. The molecule has 0 radical (unpaired) electrons. The van der Waals surface area contributed by atoms with Crippen molar-refractivity contribution in [1.82, 2.24) is 5.32 Å². The van der Waals surface area contributed by atoms with Gasteiger partial charge in [-0.15, -0.1) is 11.6 Å². The summed E-state index contributed by atoms with van der Waals surface area (Å²) in [5.74, 6) is -0.856. The SMILES string of the molecule is O=C(CCl)NC(=O)OC1C=C(C=Cc2ccccc2)C2(CC1)CO2. The number of amides is 2. The summed E-state index contributed by atoms with van der Waals surface area (Å²) in [7, 11) is 0.